The molecule has 0 aliphatic heterocycles. The van der Waals surface area contributed by atoms with Gasteiger partial charge in [0, 0.05) is 19.0 Å². The van der Waals surface area contributed by atoms with Crippen molar-refractivity contribution in [3.05, 3.63) is 29.6 Å². The van der Waals surface area contributed by atoms with Crippen LogP contribution in [-0.2, 0) is 13.1 Å². The summed E-state index contributed by atoms with van der Waals surface area (Å²) in [5, 5.41) is 9.50. The lowest BCUT2D eigenvalue weighted by molar-refractivity contribution is 0.0705. The Balaban J connectivity index is 2.06. The van der Waals surface area contributed by atoms with Crippen LogP contribution in [0.3, 0.4) is 0 Å². The first-order chi connectivity index (χ1) is 9.22. The van der Waals surface area contributed by atoms with Gasteiger partial charge >= 0.3 is 0 Å². The largest absolute Gasteiger partial charge is 0.393 e. The van der Waals surface area contributed by atoms with E-state index in [0.717, 1.165) is 42.7 Å². The standard InChI is InChI=1S/C15H21N3O/c1-2-5-18-14-4-3-10(9-16)6-13(14)17-15(18)11-7-12(19)8-11/h3-4,6,11-12,19H,2,5,7-9,16H2,1H3. The summed E-state index contributed by atoms with van der Waals surface area (Å²) >= 11 is 0. The predicted octanol–water partition coefficient (Wildman–Crippen LogP) is 2.14. The van der Waals surface area contributed by atoms with Crippen LogP contribution in [-0.4, -0.2) is 20.8 Å². The molecule has 1 aromatic heterocycles. The van der Waals surface area contributed by atoms with Crippen LogP contribution in [0.4, 0.5) is 0 Å². The minimum absolute atomic E-state index is 0.139. The van der Waals surface area contributed by atoms with Gasteiger partial charge in [-0.15, -0.1) is 0 Å². The zero-order chi connectivity index (χ0) is 13.4. The summed E-state index contributed by atoms with van der Waals surface area (Å²) in [4.78, 5) is 4.79. The topological polar surface area (TPSA) is 64.1 Å². The number of aryl methyl sites for hydroxylation is 1. The van der Waals surface area contributed by atoms with E-state index in [0.29, 0.717) is 12.5 Å². The average Bonchev–Trinajstić information content (AvgIpc) is 2.73. The van der Waals surface area contributed by atoms with E-state index < -0.39 is 0 Å². The summed E-state index contributed by atoms with van der Waals surface area (Å²) in [6.45, 7) is 3.72. The third kappa shape index (κ3) is 2.15. The molecular formula is C15H21N3O. The Morgan fingerprint density at radius 2 is 2.21 bits per heavy atom. The maximum Gasteiger partial charge on any atom is 0.113 e. The minimum Gasteiger partial charge on any atom is -0.393 e. The molecule has 0 unspecified atom stereocenters. The van der Waals surface area contributed by atoms with Gasteiger partial charge in [-0.2, -0.15) is 0 Å². The van der Waals surface area contributed by atoms with E-state index in [-0.39, 0.29) is 6.10 Å². The molecule has 19 heavy (non-hydrogen) atoms. The third-order valence-corrected chi connectivity index (χ3v) is 4.00. The van der Waals surface area contributed by atoms with Crippen molar-refractivity contribution >= 4 is 11.0 Å². The van der Waals surface area contributed by atoms with Gasteiger partial charge in [-0.25, -0.2) is 4.98 Å². The lowest BCUT2D eigenvalue weighted by Crippen LogP contribution is -2.28. The lowest BCUT2D eigenvalue weighted by Gasteiger charge is -2.31. The maximum atomic E-state index is 9.50. The summed E-state index contributed by atoms with van der Waals surface area (Å²) in [5.74, 6) is 1.55. The summed E-state index contributed by atoms with van der Waals surface area (Å²) < 4.78 is 2.31. The first-order valence-electron chi connectivity index (χ1n) is 7.10. The van der Waals surface area contributed by atoms with E-state index in [9.17, 15) is 5.11 Å². The first-order valence-corrected chi connectivity index (χ1v) is 7.10. The van der Waals surface area contributed by atoms with Crippen LogP contribution in [0.5, 0.6) is 0 Å². The van der Waals surface area contributed by atoms with Crippen molar-refractivity contribution in [1.82, 2.24) is 9.55 Å². The fourth-order valence-electron chi connectivity index (χ4n) is 2.89. The summed E-state index contributed by atoms with van der Waals surface area (Å²) in [5.41, 5.74) is 9.04. The highest BCUT2D eigenvalue weighted by Crippen LogP contribution is 2.37. The molecule has 3 rings (SSSR count). The van der Waals surface area contributed by atoms with Gasteiger partial charge in [0.1, 0.15) is 5.82 Å². The molecular weight excluding hydrogens is 238 g/mol. The van der Waals surface area contributed by atoms with Gasteiger partial charge in [-0.1, -0.05) is 13.0 Å². The normalized spacial score (nSPS) is 22.7. The number of nitrogens with zero attached hydrogens (tertiary/aromatic N) is 2. The molecule has 1 aromatic carbocycles. The molecule has 4 heteroatoms. The van der Waals surface area contributed by atoms with Crippen LogP contribution in [0.25, 0.3) is 11.0 Å². The van der Waals surface area contributed by atoms with Crippen molar-refractivity contribution in [3.8, 4) is 0 Å². The number of hydrogen-bond acceptors (Lipinski definition) is 3. The van der Waals surface area contributed by atoms with Gasteiger partial charge in [0.05, 0.1) is 17.1 Å². The molecule has 1 aliphatic carbocycles. The highest BCUT2D eigenvalue weighted by Gasteiger charge is 2.32. The SMILES string of the molecule is CCCn1c(C2CC(O)C2)nc2cc(CN)ccc21. The van der Waals surface area contributed by atoms with E-state index >= 15 is 0 Å². The molecule has 0 saturated heterocycles. The molecule has 0 radical (unpaired) electrons. The second-order valence-corrected chi connectivity index (χ2v) is 5.47. The Morgan fingerprint density at radius 3 is 2.84 bits per heavy atom. The number of nitrogens with two attached hydrogens (primary N) is 1. The molecule has 3 N–H and O–H groups in total. The Hall–Kier alpha value is -1.39. The van der Waals surface area contributed by atoms with Crippen molar-refractivity contribution in [1.29, 1.82) is 0 Å². The number of aromatic nitrogens is 2. The molecule has 1 aliphatic rings. The molecule has 1 saturated carbocycles. The predicted molar refractivity (Wildman–Crippen MR) is 75.9 cm³/mol. The Bertz CT molecular complexity index is 584. The zero-order valence-corrected chi connectivity index (χ0v) is 11.3. The van der Waals surface area contributed by atoms with Crippen LogP contribution >= 0.6 is 0 Å². The van der Waals surface area contributed by atoms with Gasteiger partial charge in [0.15, 0.2) is 0 Å². The van der Waals surface area contributed by atoms with Crippen LogP contribution in [0.1, 0.15) is 43.5 Å². The number of aliphatic hydroxyl groups is 1. The number of rotatable bonds is 4. The smallest absolute Gasteiger partial charge is 0.113 e. The van der Waals surface area contributed by atoms with E-state index in [1.807, 2.05) is 0 Å². The van der Waals surface area contributed by atoms with Crippen LogP contribution < -0.4 is 5.73 Å². The van der Waals surface area contributed by atoms with E-state index in [2.05, 4.69) is 29.7 Å². The van der Waals surface area contributed by atoms with Crippen molar-refractivity contribution < 1.29 is 5.11 Å². The number of hydrogen-bond donors (Lipinski definition) is 2. The zero-order valence-electron chi connectivity index (χ0n) is 11.3. The van der Waals surface area contributed by atoms with Gasteiger partial charge in [0.25, 0.3) is 0 Å². The minimum atomic E-state index is -0.139. The number of fused-ring (bicyclic) bond motifs is 1. The number of aliphatic hydroxyl groups excluding tert-OH is 1. The van der Waals surface area contributed by atoms with Crippen molar-refractivity contribution in [2.24, 2.45) is 5.73 Å². The van der Waals surface area contributed by atoms with Crippen molar-refractivity contribution in [3.63, 3.8) is 0 Å². The molecule has 2 aromatic rings. The van der Waals surface area contributed by atoms with Crippen LogP contribution in [0.15, 0.2) is 18.2 Å². The Kier molecular flexibility index (Phi) is 3.29. The fraction of sp³-hybridized carbons (Fsp3) is 0.533. The third-order valence-electron chi connectivity index (χ3n) is 4.00. The molecule has 0 spiro atoms. The van der Waals surface area contributed by atoms with Crippen molar-refractivity contribution in [2.45, 2.75) is 51.3 Å². The van der Waals surface area contributed by atoms with E-state index in [1.54, 1.807) is 0 Å². The second kappa shape index (κ2) is 4.94. The molecule has 1 fully saturated rings. The van der Waals surface area contributed by atoms with Gasteiger partial charge in [-0.05, 0) is 37.0 Å². The number of benzene rings is 1. The van der Waals surface area contributed by atoms with Crippen LogP contribution in [0.2, 0.25) is 0 Å². The molecule has 0 amide bonds. The van der Waals surface area contributed by atoms with E-state index in [4.69, 9.17) is 10.7 Å². The summed E-state index contributed by atoms with van der Waals surface area (Å²) in [6.07, 6.45) is 2.64. The van der Waals surface area contributed by atoms with E-state index in [1.165, 1.54) is 5.52 Å². The van der Waals surface area contributed by atoms with Crippen molar-refractivity contribution in [2.75, 3.05) is 0 Å². The Morgan fingerprint density at radius 1 is 1.42 bits per heavy atom. The fourth-order valence-corrected chi connectivity index (χ4v) is 2.89. The average molecular weight is 259 g/mol. The van der Waals surface area contributed by atoms with Gasteiger partial charge in [-0.3, -0.25) is 0 Å². The molecule has 0 bridgehead atoms. The van der Waals surface area contributed by atoms with Gasteiger partial charge < -0.3 is 15.4 Å². The summed E-state index contributed by atoms with van der Waals surface area (Å²) in [7, 11) is 0. The molecule has 0 atom stereocenters. The quantitative estimate of drug-likeness (QED) is 0.884. The molecule has 102 valence electrons. The first kappa shape index (κ1) is 12.6. The molecule has 1 heterocycles. The lowest BCUT2D eigenvalue weighted by atomic mass is 9.82. The van der Waals surface area contributed by atoms with Crippen LogP contribution in [0, 0.1) is 0 Å². The monoisotopic (exact) mass is 259 g/mol. The highest BCUT2D eigenvalue weighted by molar-refractivity contribution is 5.77. The summed E-state index contributed by atoms with van der Waals surface area (Å²) in [6, 6.07) is 6.29. The van der Waals surface area contributed by atoms with Gasteiger partial charge in [0.2, 0.25) is 0 Å². The highest BCUT2D eigenvalue weighted by atomic mass is 16.3. The second-order valence-electron chi connectivity index (χ2n) is 5.47. The number of imidazole rings is 1. The maximum absolute atomic E-state index is 9.50. The Labute approximate surface area is 113 Å². The molecule has 4 nitrogen and oxygen atoms in total.